The van der Waals surface area contributed by atoms with Gasteiger partial charge in [0.15, 0.2) is 6.23 Å². The highest BCUT2D eigenvalue weighted by Gasteiger charge is 2.38. The number of rotatable bonds is 6. The summed E-state index contributed by atoms with van der Waals surface area (Å²) in [7, 11) is 3.75. The molecular formula is C17H37N3O4. The minimum Gasteiger partial charge on any atom is -0.394 e. The summed E-state index contributed by atoms with van der Waals surface area (Å²) in [5, 5.41) is 36.7. The lowest BCUT2D eigenvalue weighted by Crippen LogP contribution is -2.53. The highest BCUT2D eigenvalue weighted by Crippen LogP contribution is 2.24. The molecule has 7 heteroatoms. The summed E-state index contributed by atoms with van der Waals surface area (Å²) in [5.41, 5.74) is 1.12. The average molecular weight is 348 g/mol. The van der Waals surface area contributed by atoms with Gasteiger partial charge in [-0.1, -0.05) is 32.8 Å². The van der Waals surface area contributed by atoms with Gasteiger partial charge in [0.1, 0.15) is 12.2 Å². The van der Waals surface area contributed by atoms with Crippen LogP contribution in [0.2, 0.25) is 0 Å². The number of hydrogen-bond acceptors (Lipinski definition) is 7. The Morgan fingerprint density at radius 1 is 1.38 bits per heavy atom. The molecule has 0 aromatic carbocycles. The van der Waals surface area contributed by atoms with Gasteiger partial charge >= 0.3 is 0 Å². The molecular weight excluding hydrogens is 310 g/mol. The first-order valence-corrected chi connectivity index (χ1v) is 8.58. The molecule has 24 heavy (non-hydrogen) atoms. The molecule has 0 aliphatic carbocycles. The lowest BCUT2D eigenvalue weighted by atomic mass is 10.0. The van der Waals surface area contributed by atoms with E-state index in [0.29, 0.717) is 0 Å². The van der Waals surface area contributed by atoms with E-state index in [-0.39, 0.29) is 13.0 Å². The van der Waals surface area contributed by atoms with Crippen LogP contribution in [0.15, 0.2) is 16.9 Å². The fourth-order valence-corrected chi connectivity index (χ4v) is 2.15. The quantitative estimate of drug-likeness (QED) is 0.427. The van der Waals surface area contributed by atoms with Crippen LogP contribution in [0.5, 0.6) is 0 Å². The smallest absolute Gasteiger partial charge is 0.153 e. The highest BCUT2D eigenvalue weighted by molar-refractivity contribution is 5.23. The van der Waals surface area contributed by atoms with E-state index in [4.69, 9.17) is 9.84 Å². The van der Waals surface area contributed by atoms with E-state index in [1.165, 1.54) is 5.01 Å². The number of aliphatic hydroxyl groups excluding tert-OH is 3. The van der Waals surface area contributed by atoms with Crippen molar-refractivity contribution in [2.75, 3.05) is 20.7 Å². The number of aliphatic hydroxyl groups is 3. The van der Waals surface area contributed by atoms with Gasteiger partial charge in [-0.25, -0.2) is 5.01 Å². The van der Waals surface area contributed by atoms with Gasteiger partial charge in [0.2, 0.25) is 0 Å². The zero-order valence-electron chi connectivity index (χ0n) is 16.1. The third kappa shape index (κ3) is 9.34. The molecule has 4 N–H and O–H groups in total. The summed E-state index contributed by atoms with van der Waals surface area (Å²) in [4.78, 5) is 0. The zero-order chi connectivity index (χ0) is 19.1. The molecule has 7 nitrogen and oxygen atoms in total. The molecule has 0 aromatic heterocycles. The van der Waals surface area contributed by atoms with Gasteiger partial charge in [0.25, 0.3) is 0 Å². The average Bonchev–Trinajstić information content (AvgIpc) is 2.58. The number of ether oxygens (including phenoxy) is 1. The molecule has 4 unspecified atom stereocenters. The number of nitrogens with zero attached hydrogens (tertiary/aromatic N) is 2. The summed E-state index contributed by atoms with van der Waals surface area (Å²) in [6.07, 6.45) is 0.644. The predicted octanol–water partition coefficient (Wildman–Crippen LogP) is 1.30. The Hall–Kier alpha value is -0.990. The Balaban J connectivity index is 0. The van der Waals surface area contributed by atoms with E-state index in [1.807, 2.05) is 41.1 Å². The SMILES string of the molecule is C=NN(/C=C(/C)CCC)C1CC(O)C(O)C(CO)O1.CC.CNC. The first kappa shape index (κ1) is 25.3. The van der Waals surface area contributed by atoms with Crippen LogP contribution < -0.4 is 5.32 Å². The molecule has 1 heterocycles. The van der Waals surface area contributed by atoms with Crippen LogP contribution >= 0.6 is 0 Å². The molecule has 1 saturated heterocycles. The van der Waals surface area contributed by atoms with Crippen LogP contribution in [-0.2, 0) is 4.74 Å². The van der Waals surface area contributed by atoms with E-state index >= 15 is 0 Å². The number of allylic oxidation sites excluding steroid dienone is 1. The Kier molecular flexibility index (Phi) is 16.3. The predicted molar refractivity (Wildman–Crippen MR) is 98.8 cm³/mol. The summed E-state index contributed by atoms with van der Waals surface area (Å²) >= 11 is 0. The Labute approximate surface area is 147 Å². The molecule has 0 spiro atoms. The summed E-state index contributed by atoms with van der Waals surface area (Å²) in [5.74, 6) is 0. The summed E-state index contributed by atoms with van der Waals surface area (Å²) in [6, 6.07) is 0. The standard InChI is InChI=1S/C13H24N2O4.C2H7N.C2H6/c1-4-5-9(2)7-15(14-3)12-6-10(17)13(18)11(8-16)19-12;1-3-2;1-2/h7,10-13,16-18H,3-6,8H2,1-2H3;3H,1-2H3;1-2H3/b9-7-;;. The Morgan fingerprint density at radius 2 is 1.92 bits per heavy atom. The molecule has 0 radical (unpaired) electrons. The molecule has 1 rings (SSSR count). The van der Waals surface area contributed by atoms with Crippen molar-refractivity contribution in [1.82, 2.24) is 10.3 Å². The zero-order valence-corrected chi connectivity index (χ0v) is 16.1. The second-order valence-electron chi connectivity index (χ2n) is 5.35. The van der Waals surface area contributed by atoms with Crippen molar-refractivity contribution in [3.8, 4) is 0 Å². The maximum atomic E-state index is 9.78. The molecule has 0 saturated carbocycles. The van der Waals surface area contributed by atoms with Gasteiger partial charge in [-0.05, 0) is 27.4 Å². The fourth-order valence-electron chi connectivity index (χ4n) is 2.15. The molecule has 1 aliphatic rings. The number of nitrogens with one attached hydrogen (secondary N) is 1. The second-order valence-corrected chi connectivity index (χ2v) is 5.35. The van der Waals surface area contributed by atoms with E-state index < -0.39 is 24.5 Å². The third-order valence-corrected chi connectivity index (χ3v) is 3.19. The number of hydrazone groups is 1. The fraction of sp³-hybridized carbons (Fsp3) is 0.824. The van der Waals surface area contributed by atoms with Gasteiger partial charge in [-0.3, -0.25) is 0 Å². The van der Waals surface area contributed by atoms with E-state index in [9.17, 15) is 10.2 Å². The van der Waals surface area contributed by atoms with Crippen LogP contribution in [0.4, 0.5) is 0 Å². The lowest BCUT2D eigenvalue weighted by molar-refractivity contribution is -0.210. The van der Waals surface area contributed by atoms with Crippen molar-refractivity contribution in [2.45, 2.75) is 71.5 Å². The molecule has 0 bridgehead atoms. The molecule has 0 amide bonds. The van der Waals surface area contributed by atoms with Gasteiger partial charge in [-0.2, -0.15) is 5.10 Å². The minimum atomic E-state index is -1.08. The van der Waals surface area contributed by atoms with Crippen LogP contribution in [-0.4, -0.2) is 72.3 Å². The minimum absolute atomic E-state index is 0.215. The monoisotopic (exact) mass is 347 g/mol. The van der Waals surface area contributed by atoms with Crippen molar-refractivity contribution in [3.05, 3.63) is 11.8 Å². The summed E-state index contributed by atoms with van der Waals surface area (Å²) in [6.45, 7) is 11.2. The maximum Gasteiger partial charge on any atom is 0.153 e. The first-order valence-electron chi connectivity index (χ1n) is 8.58. The van der Waals surface area contributed by atoms with Crippen LogP contribution in [0, 0.1) is 0 Å². The molecule has 144 valence electrons. The Morgan fingerprint density at radius 3 is 2.33 bits per heavy atom. The number of hydrogen-bond donors (Lipinski definition) is 4. The second kappa shape index (κ2) is 15.5. The van der Waals surface area contributed by atoms with Gasteiger partial charge in [0, 0.05) is 19.3 Å². The van der Waals surface area contributed by atoms with E-state index in [1.54, 1.807) is 0 Å². The Bertz CT molecular complexity index is 340. The van der Waals surface area contributed by atoms with Crippen molar-refractivity contribution in [1.29, 1.82) is 0 Å². The van der Waals surface area contributed by atoms with Crippen LogP contribution in [0.1, 0.15) is 47.0 Å². The first-order chi connectivity index (χ1) is 11.4. The molecule has 1 aliphatic heterocycles. The van der Waals surface area contributed by atoms with Gasteiger partial charge in [0.05, 0.1) is 12.7 Å². The van der Waals surface area contributed by atoms with Crippen molar-refractivity contribution < 1.29 is 20.1 Å². The lowest BCUT2D eigenvalue weighted by Gasteiger charge is -2.39. The van der Waals surface area contributed by atoms with Crippen LogP contribution in [0.25, 0.3) is 0 Å². The van der Waals surface area contributed by atoms with E-state index in [0.717, 1.165) is 18.4 Å². The maximum absolute atomic E-state index is 9.78. The van der Waals surface area contributed by atoms with Crippen molar-refractivity contribution in [2.24, 2.45) is 5.10 Å². The molecule has 0 aromatic rings. The normalized spacial score (nSPS) is 26.5. The van der Waals surface area contributed by atoms with Crippen molar-refractivity contribution >= 4 is 6.72 Å². The van der Waals surface area contributed by atoms with Crippen LogP contribution in [0.3, 0.4) is 0 Å². The molecule has 4 atom stereocenters. The third-order valence-electron chi connectivity index (χ3n) is 3.19. The van der Waals surface area contributed by atoms with E-state index in [2.05, 4.69) is 24.1 Å². The molecule has 1 fully saturated rings. The largest absolute Gasteiger partial charge is 0.394 e. The van der Waals surface area contributed by atoms with Crippen molar-refractivity contribution in [3.63, 3.8) is 0 Å². The van der Waals surface area contributed by atoms with Gasteiger partial charge in [-0.15, -0.1) is 0 Å². The highest BCUT2D eigenvalue weighted by atomic mass is 16.5. The summed E-state index contributed by atoms with van der Waals surface area (Å²) < 4.78 is 5.54. The van der Waals surface area contributed by atoms with Gasteiger partial charge < -0.3 is 25.4 Å². The topological polar surface area (TPSA) is 97.6 Å².